The molecule has 1 unspecified atom stereocenters. The van der Waals surface area contributed by atoms with Crippen molar-refractivity contribution in [1.29, 1.82) is 0 Å². The quantitative estimate of drug-likeness (QED) is 0.345. The molecule has 1 N–H and O–H groups in total. The summed E-state index contributed by atoms with van der Waals surface area (Å²) in [5.74, 6) is -0.146. The van der Waals surface area contributed by atoms with Crippen molar-refractivity contribution in [2.24, 2.45) is 5.10 Å². The molecule has 192 valence electrons. The van der Waals surface area contributed by atoms with Gasteiger partial charge in [0.2, 0.25) is 0 Å². The smallest absolute Gasteiger partial charge is 0.338 e. The van der Waals surface area contributed by atoms with Crippen molar-refractivity contribution in [1.82, 2.24) is 9.99 Å². The summed E-state index contributed by atoms with van der Waals surface area (Å²) in [7, 11) is 1.62. The number of rotatable bonds is 6. The van der Waals surface area contributed by atoms with Crippen LogP contribution in [0.1, 0.15) is 58.0 Å². The Morgan fingerprint density at radius 3 is 2.58 bits per heavy atom. The minimum absolute atomic E-state index is 0.301. The van der Waals surface area contributed by atoms with Gasteiger partial charge < -0.3 is 14.5 Å². The lowest BCUT2D eigenvalue weighted by Gasteiger charge is -2.22. The second-order valence-corrected chi connectivity index (χ2v) is 9.77. The molecule has 3 aromatic carbocycles. The first kappa shape index (κ1) is 24.0. The Kier molecular flexibility index (Phi) is 6.42. The van der Waals surface area contributed by atoms with Crippen LogP contribution in [-0.2, 0) is 22.4 Å². The van der Waals surface area contributed by atoms with Crippen LogP contribution >= 0.6 is 0 Å². The number of hydrazone groups is 1. The third-order valence-corrected chi connectivity index (χ3v) is 7.43. The van der Waals surface area contributed by atoms with E-state index in [2.05, 4.69) is 10.1 Å². The third-order valence-electron chi connectivity index (χ3n) is 7.43. The van der Waals surface area contributed by atoms with Crippen LogP contribution in [0.2, 0.25) is 0 Å². The average Bonchev–Trinajstić information content (AvgIpc) is 3.58. The highest BCUT2D eigenvalue weighted by molar-refractivity contribution is 6.03. The van der Waals surface area contributed by atoms with Gasteiger partial charge in [-0.1, -0.05) is 42.5 Å². The van der Waals surface area contributed by atoms with Crippen LogP contribution < -0.4 is 4.74 Å². The van der Waals surface area contributed by atoms with Gasteiger partial charge in [-0.05, 0) is 72.7 Å². The van der Waals surface area contributed by atoms with Gasteiger partial charge in [0.15, 0.2) is 6.61 Å². The highest BCUT2D eigenvalue weighted by Gasteiger charge is 2.33. The number of benzene rings is 3. The number of nitrogens with one attached hydrogen (secondary N) is 1. The van der Waals surface area contributed by atoms with Gasteiger partial charge in [0.1, 0.15) is 5.75 Å². The van der Waals surface area contributed by atoms with Crippen LogP contribution in [0.4, 0.5) is 0 Å². The summed E-state index contributed by atoms with van der Waals surface area (Å²) in [6, 6.07) is 22.7. The molecule has 1 aromatic heterocycles. The zero-order chi connectivity index (χ0) is 26.1. The number of esters is 1. The van der Waals surface area contributed by atoms with E-state index in [1.165, 1.54) is 22.7 Å². The maximum Gasteiger partial charge on any atom is 0.338 e. The van der Waals surface area contributed by atoms with Gasteiger partial charge in [-0.25, -0.2) is 9.80 Å². The summed E-state index contributed by atoms with van der Waals surface area (Å²) in [4.78, 5) is 29.8. The second kappa shape index (κ2) is 10.2. The molecule has 0 saturated heterocycles. The van der Waals surface area contributed by atoms with Crippen LogP contribution in [0.25, 0.3) is 10.9 Å². The van der Waals surface area contributed by atoms with Crippen molar-refractivity contribution in [2.45, 2.75) is 38.1 Å². The number of hydrogen-bond acceptors (Lipinski definition) is 5. The number of aryl methyl sites for hydroxylation is 2. The maximum atomic E-state index is 13.3. The number of carbonyl (C=O) groups is 2. The third kappa shape index (κ3) is 4.56. The zero-order valence-corrected chi connectivity index (χ0v) is 21.3. The minimum Gasteiger partial charge on any atom is -0.497 e. The van der Waals surface area contributed by atoms with Crippen LogP contribution in [-0.4, -0.2) is 41.3 Å². The van der Waals surface area contributed by atoms with Crippen molar-refractivity contribution in [2.75, 3.05) is 13.7 Å². The first-order valence-corrected chi connectivity index (χ1v) is 13.0. The maximum absolute atomic E-state index is 13.3. The molecule has 1 amide bonds. The Bertz CT molecular complexity index is 1520. The SMILES string of the molecule is COc1ccc(C2CC(c3ccccc3)=NN2C(=O)COC(=O)c2ccc3[nH]c4c(c3c2)CCCC4)cc1. The van der Waals surface area contributed by atoms with Crippen LogP contribution in [0.15, 0.2) is 77.9 Å². The van der Waals surface area contributed by atoms with E-state index in [0.717, 1.165) is 52.8 Å². The van der Waals surface area contributed by atoms with Crippen molar-refractivity contribution in [3.63, 3.8) is 0 Å². The Balaban J connectivity index is 1.21. The van der Waals surface area contributed by atoms with Crippen LogP contribution in [0.5, 0.6) is 5.75 Å². The molecule has 2 aliphatic rings. The fourth-order valence-electron chi connectivity index (χ4n) is 5.44. The van der Waals surface area contributed by atoms with E-state index in [4.69, 9.17) is 9.47 Å². The first-order chi connectivity index (χ1) is 18.6. The van der Waals surface area contributed by atoms with Gasteiger partial charge in [0.05, 0.1) is 24.4 Å². The fraction of sp³-hybridized carbons (Fsp3) is 0.258. The number of aromatic nitrogens is 1. The predicted octanol–water partition coefficient (Wildman–Crippen LogP) is 5.59. The van der Waals surface area contributed by atoms with Gasteiger partial charge in [-0.2, -0.15) is 5.10 Å². The lowest BCUT2D eigenvalue weighted by atomic mass is 9.95. The highest BCUT2D eigenvalue weighted by atomic mass is 16.5. The molecule has 4 aromatic rings. The van der Waals surface area contributed by atoms with E-state index in [1.807, 2.05) is 66.7 Å². The van der Waals surface area contributed by atoms with E-state index < -0.39 is 5.97 Å². The van der Waals surface area contributed by atoms with E-state index in [-0.39, 0.29) is 18.6 Å². The molecule has 1 atom stereocenters. The summed E-state index contributed by atoms with van der Waals surface area (Å²) < 4.78 is 10.8. The van der Waals surface area contributed by atoms with E-state index in [9.17, 15) is 9.59 Å². The van der Waals surface area contributed by atoms with E-state index in [0.29, 0.717) is 12.0 Å². The summed E-state index contributed by atoms with van der Waals surface area (Å²) >= 11 is 0. The van der Waals surface area contributed by atoms with Crippen molar-refractivity contribution < 1.29 is 19.1 Å². The van der Waals surface area contributed by atoms with Gasteiger partial charge in [0.25, 0.3) is 5.91 Å². The van der Waals surface area contributed by atoms with E-state index >= 15 is 0 Å². The summed E-state index contributed by atoms with van der Waals surface area (Å²) in [5.41, 5.74) is 6.74. The van der Waals surface area contributed by atoms with Crippen molar-refractivity contribution in [3.05, 3.63) is 101 Å². The Morgan fingerprint density at radius 1 is 1.00 bits per heavy atom. The first-order valence-electron chi connectivity index (χ1n) is 13.0. The molecule has 0 radical (unpaired) electrons. The number of carbonyl (C=O) groups excluding carboxylic acids is 2. The number of amides is 1. The molecule has 1 aliphatic carbocycles. The predicted molar refractivity (Wildman–Crippen MR) is 145 cm³/mol. The number of fused-ring (bicyclic) bond motifs is 3. The van der Waals surface area contributed by atoms with Gasteiger partial charge in [-0.15, -0.1) is 0 Å². The summed E-state index contributed by atoms with van der Waals surface area (Å²) in [6.45, 7) is -0.389. The monoisotopic (exact) mass is 507 g/mol. The molecular formula is C31H29N3O4. The molecule has 0 bridgehead atoms. The van der Waals surface area contributed by atoms with Gasteiger partial charge in [0, 0.05) is 23.0 Å². The standard InChI is InChI=1S/C31H29N3O4/c1-37-23-14-11-21(12-15-23)29-18-28(20-7-3-2-4-8-20)33-34(29)30(35)19-38-31(36)22-13-16-27-25(17-22)24-9-5-6-10-26(24)32-27/h2-4,7-8,11-17,29,32H,5-6,9-10,18-19H2,1H3. The molecule has 6 rings (SSSR count). The second-order valence-electron chi connectivity index (χ2n) is 9.77. The largest absolute Gasteiger partial charge is 0.497 e. The van der Waals surface area contributed by atoms with Gasteiger partial charge >= 0.3 is 5.97 Å². The molecule has 0 saturated carbocycles. The lowest BCUT2D eigenvalue weighted by molar-refractivity contribution is -0.136. The number of H-pyrrole nitrogens is 1. The number of methoxy groups -OCH3 is 1. The fourth-order valence-corrected chi connectivity index (χ4v) is 5.44. The molecule has 0 spiro atoms. The highest BCUT2D eigenvalue weighted by Crippen LogP contribution is 2.34. The number of ether oxygens (including phenoxy) is 2. The number of nitrogens with zero attached hydrogens (tertiary/aromatic N) is 2. The summed E-state index contributed by atoms with van der Waals surface area (Å²) in [6.07, 6.45) is 4.94. The number of hydrogen-bond donors (Lipinski definition) is 1. The molecular weight excluding hydrogens is 478 g/mol. The Hall–Kier alpha value is -4.39. The van der Waals surface area contributed by atoms with Crippen LogP contribution in [0.3, 0.4) is 0 Å². The normalized spacial score (nSPS) is 16.7. The van der Waals surface area contributed by atoms with Gasteiger partial charge in [-0.3, -0.25) is 4.79 Å². The molecule has 7 heteroatoms. The van der Waals surface area contributed by atoms with Crippen molar-refractivity contribution in [3.8, 4) is 5.75 Å². The Morgan fingerprint density at radius 2 is 1.79 bits per heavy atom. The molecule has 7 nitrogen and oxygen atoms in total. The molecule has 2 heterocycles. The summed E-state index contributed by atoms with van der Waals surface area (Å²) in [5, 5.41) is 7.18. The average molecular weight is 508 g/mol. The molecule has 0 fully saturated rings. The van der Waals surface area contributed by atoms with Crippen LogP contribution in [0, 0.1) is 0 Å². The molecule has 1 aliphatic heterocycles. The molecule has 38 heavy (non-hydrogen) atoms. The lowest BCUT2D eigenvalue weighted by Crippen LogP contribution is -2.31. The Labute approximate surface area is 221 Å². The van der Waals surface area contributed by atoms with E-state index in [1.54, 1.807) is 13.2 Å². The zero-order valence-electron chi connectivity index (χ0n) is 21.3. The van der Waals surface area contributed by atoms with Crippen molar-refractivity contribution >= 4 is 28.5 Å². The topological polar surface area (TPSA) is 84.0 Å². The number of aromatic amines is 1. The minimum atomic E-state index is -0.515.